The lowest BCUT2D eigenvalue weighted by atomic mass is 10.3. The Labute approximate surface area is 107 Å². The van der Waals surface area contributed by atoms with E-state index in [0.29, 0.717) is 22.1 Å². The number of benzene rings is 2. The lowest BCUT2D eigenvalue weighted by molar-refractivity contribution is 0.379. The van der Waals surface area contributed by atoms with Crippen molar-refractivity contribution in [1.29, 1.82) is 0 Å². The SMILES string of the molecule is COc1ccccc1Oc1ccc(S(=O)O)cc1. The van der Waals surface area contributed by atoms with Crippen molar-refractivity contribution in [2.24, 2.45) is 0 Å². The number of methoxy groups -OCH3 is 1. The molecule has 0 saturated carbocycles. The highest BCUT2D eigenvalue weighted by Crippen LogP contribution is 2.30. The molecule has 18 heavy (non-hydrogen) atoms. The average Bonchev–Trinajstić information content (AvgIpc) is 2.40. The Morgan fingerprint density at radius 3 is 2.17 bits per heavy atom. The van der Waals surface area contributed by atoms with Crippen LogP contribution in [0.2, 0.25) is 0 Å². The molecule has 0 radical (unpaired) electrons. The van der Waals surface area contributed by atoms with Crippen molar-refractivity contribution in [3.63, 3.8) is 0 Å². The van der Waals surface area contributed by atoms with Crippen LogP contribution in [0.25, 0.3) is 0 Å². The summed E-state index contributed by atoms with van der Waals surface area (Å²) in [6.07, 6.45) is 0. The van der Waals surface area contributed by atoms with Crippen LogP contribution in [0.4, 0.5) is 0 Å². The van der Waals surface area contributed by atoms with Gasteiger partial charge in [-0.15, -0.1) is 0 Å². The van der Waals surface area contributed by atoms with E-state index in [0.717, 1.165) is 0 Å². The van der Waals surface area contributed by atoms with Crippen LogP contribution >= 0.6 is 0 Å². The van der Waals surface area contributed by atoms with Crippen LogP contribution in [-0.2, 0) is 11.1 Å². The van der Waals surface area contributed by atoms with Crippen LogP contribution in [0.3, 0.4) is 0 Å². The Morgan fingerprint density at radius 1 is 1.00 bits per heavy atom. The maximum Gasteiger partial charge on any atom is 0.186 e. The molecule has 0 fully saturated rings. The van der Waals surface area contributed by atoms with Gasteiger partial charge in [-0.3, -0.25) is 0 Å². The highest BCUT2D eigenvalue weighted by Gasteiger charge is 2.05. The summed E-state index contributed by atoms with van der Waals surface area (Å²) in [7, 11) is 1.57. The molecule has 0 heterocycles. The molecule has 0 aliphatic heterocycles. The summed E-state index contributed by atoms with van der Waals surface area (Å²) in [6, 6.07) is 13.6. The first kappa shape index (κ1) is 12.6. The van der Waals surface area contributed by atoms with Crippen LogP contribution in [-0.4, -0.2) is 15.9 Å². The third kappa shape index (κ3) is 2.88. The van der Waals surface area contributed by atoms with Gasteiger partial charge in [0.15, 0.2) is 22.6 Å². The van der Waals surface area contributed by atoms with Gasteiger partial charge in [-0.05, 0) is 36.4 Å². The highest BCUT2D eigenvalue weighted by atomic mass is 32.2. The van der Waals surface area contributed by atoms with Crippen molar-refractivity contribution in [1.82, 2.24) is 0 Å². The van der Waals surface area contributed by atoms with Crippen molar-refractivity contribution in [3.05, 3.63) is 48.5 Å². The average molecular weight is 264 g/mol. The Hall–Kier alpha value is -1.85. The lowest BCUT2D eigenvalue weighted by Crippen LogP contribution is -1.91. The fraction of sp³-hybridized carbons (Fsp3) is 0.0769. The molecule has 94 valence electrons. The van der Waals surface area contributed by atoms with Gasteiger partial charge in [0.05, 0.1) is 12.0 Å². The first-order valence-corrected chi connectivity index (χ1v) is 6.33. The standard InChI is InChI=1S/C13H12O4S/c1-16-12-4-2-3-5-13(12)17-10-6-8-11(9-7-10)18(14)15/h2-9H,1H3,(H,14,15). The summed E-state index contributed by atoms with van der Waals surface area (Å²) in [4.78, 5) is 0.336. The molecule has 1 atom stereocenters. The first-order valence-electron chi connectivity index (χ1n) is 5.22. The van der Waals surface area contributed by atoms with Crippen LogP contribution in [0, 0.1) is 0 Å². The third-order valence-corrected chi connectivity index (χ3v) is 3.00. The van der Waals surface area contributed by atoms with Gasteiger partial charge in [0.1, 0.15) is 5.75 Å². The number of hydrogen-bond donors (Lipinski definition) is 1. The minimum absolute atomic E-state index is 0.336. The molecular formula is C13H12O4S. The van der Waals surface area contributed by atoms with Gasteiger partial charge in [0.25, 0.3) is 0 Å². The zero-order chi connectivity index (χ0) is 13.0. The molecule has 0 saturated heterocycles. The Kier molecular flexibility index (Phi) is 3.96. The van der Waals surface area contributed by atoms with E-state index in [4.69, 9.17) is 14.0 Å². The second-order valence-electron chi connectivity index (χ2n) is 3.47. The molecule has 0 aromatic heterocycles. The molecule has 0 bridgehead atoms. The maximum absolute atomic E-state index is 10.8. The van der Waals surface area contributed by atoms with Crippen LogP contribution in [0.1, 0.15) is 0 Å². The summed E-state index contributed by atoms with van der Waals surface area (Å²) >= 11 is -1.97. The Morgan fingerprint density at radius 2 is 1.61 bits per heavy atom. The molecule has 4 nitrogen and oxygen atoms in total. The summed E-state index contributed by atoms with van der Waals surface area (Å²) < 4.78 is 30.5. The molecule has 5 heteroatoms. The molecule has 0 aliphatic rings. The second-order valence-corrected chi connectivity index (χ2v) is 4.44. The van der Waals surface area contributed by atoms with E-state index in [9.17, 15) is 4.21 Å². The minimum atomic E-state index is -1.97. The molecule has 0 aliphatic carbocycles. The fourth-order valence-electron chi connectivity index (χ4n) is 1.45. The van der Waals surface area contributed by atoms with E-state index in [1.54, 1.807) is 43.5 Å². The van der Waals surface area contributed by atoms with E-state index in [1.165, 1.54) is 0 Å². The number of hydrogen-bond acceptors (Lipinski definition) is 3. The molecule has 1 unspecified atom stereocenters. The van der Waals surface area contributed by atoms with Crippen molar-refractivity contribution in [2.75, 3.05) is 7.11 Å². The van der Waals surface area contributed by atoms with Crippen LogP contribution in [0.15, 0.2) is 53.4 Å². The van der Waals surface area contributed by atoms with E-state index in [-0.39, 0.29) is 0 Å². The zero-order valence-electron chi connectivity index (χ0n) is 9.70. The van der Waals surface area contributed by atoms with E-state index in [2.05, 4.69) is 0 Å². The molecular weight excluding hydrogens is 252 g/mol. The van der Waals surface area contributed by atoms with E-state index < -0.39 is 11.1 Å². The molecule has 0 spiro atoms. The van der Waals surface area contributed by atoms with Gasteiger partial charge in [-0.2, -0.15) is 0 Å². The Bertz CT molecular complexity index is 551. The van der Waals surface area contributed by atoms with Gasteiger partial charge >= 0.3 is 0 Å². The number of ether oxygens (including phenoxy) is 2. The largest absolute Gasteiger partial charge is 0.493 e. The smallest absolute Gasteiger partial charge is 0.186 e. The van der Waals surface area contributed by atoms with Gasteiger partial charge in [-0.1, -0.05) is 12.1 Å². The zero-order valence-corrected chi connectivity index (χ0v) is 10.5. The molecule has 2 rings (SSSR count). The Balaban J connectivity index is 2.21. The third-order valence-electron chi connectivity index (χ3n) is 2.32. The molecule has 1 N–H and O–H groups in total. The lowest BCUT2D eigenvalue weighted by Gasteiger charge is -2.09. The predicted octanol–water partition coefficient (Wildman–Crippen LogP) is 3.07. The number of para-hydroxylation sites is 2. The second kappa shape index (κ2) is 5.66. The highest BCUT2D eigenvalue weighted by molar-refractivity contribution is 7.79. The summed E-state index contributed by atoms with van der Waals surface area (Å²) in [6.45, 7) is 0. The van der Waals surface area contributed by atoms with Gasteiger partial charge in [-0.25, -0.2) is 4.21 Å². The van der Waals surface area contributed by atoms with E-state index in [1.807, 2.05) is 12.1 Å². The summed E-state index contributed by atoms with van der Waals surface area (Å²) in [5, 5.41) is 0. The molecule has 0 amide bonds. The quantitative estimate of drug-likeness (QED) is 0.862. The number of rotatable bonds is 4. The monoisotopic (exact) mass is 264 g/mol. The first-order chi connectivity index (χ1) is 8.70. The predicted molar refractivity (Wildman–Crippen MR) is 68.5 cm³/mol. The topological polar surface area (TPSA) is 55.8 Å². The summed E-state index contributed by atoms with van der Waals surface area (Å²) in [5.74, 6) is 1.80. The normalized spacial score (nSPS) is 11.9. The van der Waals surface area contributed by atoms with Crippen LogP contribution < -0.4 is 9.47 Å². The van der Waals surface area contributed by atoms with Crippen molar-refractivity contribution in [2.45, 2.75) is 4.90 Å². The molecule has 2 aromatic carbocycles. The maximum atomic E-state index is 10.8. The van der Waals surface area contributed by atoms with Crippen molar-refractivity contribution in [3.8, 4) is 17.2 Å². The molecule has 2 aromatic rings. The van der Waals surface area contributed by atoms with Crippen LogP contribution in [0.5, 0.6) is 17.2 Å². The van der Waals surface area contributed by atoms with Crippen molar-refractivity contribution < 1.29 is 18.2 Å². The minimum Gasteiger partial charge on any atom is -0.493 e. The van der Waals surface area contributed by atoms with Gasteiger partial charge in [0.2, 0.25) is 0 Å². The van der Waals surface area contributed by atoms with Crippen molar-refractivity contribution >= 4 is 11.1 Å². The van der Waals surface area contributed by atoms with E-state index >= 15 is 0 Å². The van der Waals surface area contributed by atoms with Gasteiger partial charge < -0.3 is 14.0 Å². The summed E-state index contributed by atoms with van der Waals surface area (Å²) in [5.41, 5.74) is 0. The fourth-order valence-corrected chi connectivity index (χ4v) is 1.82. The van der Waals surface area contributed by atoms with Gasteiger partial charge in [0, 0.05) is 0 Å².